The van der Waals surface area contributed by atoms with Crippen molar-refractivity contribution in [3.05, 3.63) is 109 Å². The average molecular weight is 320 g/mol. The van der Waals surface area contributed by atoms with Crippen LogP contribution >= 0.6 is 0 Å². The minimum absolute atomic E-state index is 1.31. The first-order valence-corrected chi connectivity index (χ1v) is 8.62. The van der Waals surface area contributed by atoms with Crippen LogP contribution < -0.4 is 0 Å². The van der Waals surface area contributed by atoms with Crippen LogP contribution in [0.1, 0.15) is 5.56 Å². The van der Waals surface area contributed by atoms with Crippen LogP contribution in [0.25, 0.3) is 32.3 Å². The lowest BCUT2D eigenvalue weighted by molar-refractivity contribution is 1.51. The molecular formula is C25H20. The van der Waals surface area contributed by atoms with E-state index in [9.17, 15) is 0 Å². The highest BCUT2D eigenvalue weighted by Gasteiger charge is 1.95. The third-order valence-electron chi connectivity index (χ3n) is 4.52. The zero-order valence-corrected chi connectivity index (χ0v) is 14.3. The lowest BCUT2D eigenvalue weighted by Gasteiger charge is -2.00. The van der Waals surface area contributed by atoms with E-state index in [1.165, 1.54) is 37.9 Å². The maximum absolute atomic E-state index is 2.24. The molecule has 5 aromatic rings. The lowest BCUT2D eigenvalue weighted by atomic mass is 10.0. The number of fused-ring (bicyclic) bond motifs is 3. The van der Waals surface area contributed by atoms with Crippen LogP contribution in [-0.2, 0) is 0 Å². The summed E-state index contributed by atoms with van der Waals surface area (Å²) in [7, 11) is 0. The van der Waals surface area contributed by atoms with Gasteiger partial charge in [-0.3, -0.25) is 0 Å². The highest BCUT2D eigenvalue weighted by Crippen LogP contribution is 2.22. The molecule has 0 aliphatic carbocycles. The van der Waals surface area contributed by atoms with E-state index >= 15 is 0 Å². The molecule has 0 heteroatoms. The fraction of sp³-hybridized carbons (Fsp3) is 0.0400. The first-order valence-electron chi connectivity index (χ1n) is 8.62. The minimum atomic E-state index is 1.31. The van der Waals surface area contributed by atoms with E-state index in [-0.39, 0.29) is 0 Å². The molecule has 0 N–H and O–H groups in total. The zero-order chi connectivity index (χ0) is 17.1. The summed E-state index contributed by atoms with van der Waals surface area (Å²) in [5.74, 6) is 0. The van der Waals surface area contributed by atoms with Gasteiger partial charge in [-0.15, -0.1) is 0 Å². The lowest BCUT2D eigenvalue weighted by Crippen LogP contribution is -1.74. The van der Waals surface area contributed by atoms with Crippen molar-refractivity contribution in [1.82, 2.24) is 0 Å². The highest BCUT2D eigenvalue weighted by molar-refractivity contribution is 5.98. The first kappa shape index (κ1) is 15.4. The third-order valence-corrected chi connectivity index (χ3v) is 4.52. The summed E-state index contributed by atoms with van der Waals surface area (Å²) in [5.41, 5.74) is 1.32. The van der Waals surface area contributed by atoms with Crippen LogP contribution in [0.3, 0.4) is 0 Å². The second kappa shape index (κ2) is 6.78. The van der Waals surface area contributed by atoms with Crippen LogP contribution in [0.5, 0.6) is 0 Å². The van der Waals surface area contributed by atoms with Crippen molar-refractivity contribution in [2.45, 2.75) is 6.92 Å². The van der Waals surface area contributed by atoms with E-state index in [1.807, 2.05) is 0 Å². The molecule has 25 heavy (non-hydrogen) atoms. The summed E-state index contributed by atoms with van der Waals surface area (Å²) in [6.07, 6.45) is 0. The van der Waals surface area contributed by atoms with Gasteiger partial charge in [-0.2, -0.15) is 0 Å². The molecule has 0 radical (unpaired) electrons. The maximum atomic E-state index is 2.24. The molecule has 0 fully saturated rings. The summed E-state index contributed by atoms with van der Waals surface area (Å²) < 4.78 is 0. The average Bonchev–Trinajstić information content (AvgIpc) is 2.66. The molecule has 0 aliphatic heterocycles. The predicted molar refractivity (Wildman–Crippen MR) is 110 cm³/mol. The van der Waals surface area contributed by atoms with Crippen molar-refractivity contribution in [3.63, 3.8) is 0 Å². The topological polar surface area (TPSA) is 0 Å². The van der Waals surface area contributed by atoms with Gasteiger partial charge in [0.15, 0.2) is 0 Å². The van der Waals surface area contributed by atoms with Gasteiger partial charge in [-0.05, 0) is 51.4 Å². The first-order chi connectivity index (χ1) is 12.3. The second-order valence-electron chi connectivity index (χ2n) is 6.40. The Bertz CT molecular complexity index is 1050. The molecule has 5 rings (SSSR count). The molecule has 0 heterocycles. The third kappa shape index (κ3) is 3.39. The van der Waals surface area contributed by atoms with E-state index < -0.39 is 0 Å². The van der Waals surface area contributed by atoms with E-state index in [0.29, 0.717) is 0 Å². The van der Waals surface area contributed by atoms with Gasteiger partial charge in [0.1, 0.15) is 0 Å². The van der Waals surface area contributed by atoms with Crippen LogP contribution in [-0.4, -0.2) is 0 Å². The smallest absolute Gasteiger partial charge is 0.0178 e. The fourth-order valence-corrected chi connectivity index (χ4v) is 3.19. The van der Waals surface area contributed by atoms with Crippen LogP contribution in [0.15, 0.2) is 103 Å². The minimum Gasteiger partial charge on any atom is -0.0616 e. The standard InChI is InChI=1S/C14H10.C11H10/c1-2-6-12-10-14-8-4-3-7-13(14)9-11(12)5-1;1-9-6-7-10-4-2-3-5-11(10)8-9/h1-10H;2-8H,1H3. The van der Waals surface area contributed by atoms with Gasteiger partial charge in [0.25, 0.3) is 0 Å². The van der Waals surface area contributed by atoms with Gasteiger partial charge in [0.2, 0.25) is 0 Å². The van der Waals surface area contributed by atoms with Gasteiger partial charge in [-0.1, -0.05) is 96.6 Å². The van der Waals surface area contributed by atoms with Crippen LogP contribution in [0.2, 0.25) is 0 Å². The molecule has 0 unspecified atom stereocenters. The molecule has 0 bridgehead atoms. The van der Waals surface area contributed by atoms with E-state index in [1.54, 1.807) is 0 Å². The van der Waals surface area contributed by atoms with Gasteiger partial charge >= 0.3 is 0 Å². The second-order valence-corrected chi connectivity index (χ2v) is 6.40. The van der Waals surface area contributed by atoms with Crippen LogP contribution in [0, 0.1) is 6.92 Å². The number of hydrogen-bond acceptors (Lipinski definition) is 0. The number of aryl methyl sites for hydroxylation is 1. The van der Waals surface area contributed by atoms with Crippen molar-refractivity contribution in [1.29, 1.82) is 0 Å². The van der Waals surface area contributed by atoms with Gasteiger partial charge in [0.05, 0.1) is 0 Å². The van der Waals surface area contributed by atoms with Crippen molar-refractivity contribution < 1.29 is 0 Å². The Morgan fingerprint density at radius 2 is 0.720 bits per heavy atom. The molecule has 0 atom stereocenters. The monoisotopic (exact) mass is 320 g/mol. The Morgan fingerprint density at radius 3 is 1.16 bits per heavy atom. The fourth-order valence-electron chi connectivity index (χ4n) is 3.19. The molecule has 120 valence electrons. The van der Waals surface area contributed by atoms with Gasteiger partial charge < -0.3 is 0 Å². The molecule has 0 saturated carbocycles. The summed E-state index contributed by atoms with van der Waals surface area (Å²) in [6.45, 7) is 2.12. The SMILES string of the molecule is Cc1ccc2ccccc2c1.c1ccc2cc3ccccc3cc2c1. The van der Waals surface area contributed by atoms with Gasteiger partial charge in [0, 0.05) is 0 Å². The van der Waals surface area contributed by atoms with E-state index in [2.05, 4.69) is 110 Å². The summed E-state index contributed by atoms with van der Waals surface area (Å²) in [5, 5.41) is 7.89. The van der Waals surface area contributed by atoms with Crippen LogP contribution in [0.4, 0.5) is 0 Å². The quantitative estimate of drug-likeness (QED) is 0.266. The van der Waals surface area contributed by atoms with Crippen molar-refractivity contribution in [2.75, 3.05) is 0 Å². The molecule has 0 saturated heterocycles. The van der Waals surface area contributed by atoms with Crippen molar-refractivity contribution >= 4 is 32.3 Å². The number of benzene rings is 5. The Kier molecular flexibility index (Phi) is 4.18. The molecule has 0 spiro atoms. The molecule has 0 aliphatic rings. The Morgan fingerprint density at radius 1 is 0.360 bits per heavy atom. The van der Waals surface area contributed by atoms with E-state index in [4.69, 9.17) is 0 Å². The molecule has 0 nitrogen and oxygen atoms in total. The summed E-state index contributed by atoms with van der Waals surface area (Å²) >= 11 is 0. The predicted octanol–water partition coefficient (Wildman–Crippen LogP) is 7.14. The summed E-state index contributed by atoms with van der Waals surface area (Å²) in [6, 6.07) is 36.3. The largest absolute Gasteiger partial charge is 0.0616 e. The molecule has 0 amide bonds. The number of hydrogen-bond donors (Lipinski definition) is 0. The molecular weight excluding hydrogens is 300 g/mol. The van der Waals surface area contributed by atoms with Gasteiger partial charge in [-0.25, -0.2) is 0 Å². The van der Waals surface area contributed by atoms with E-state index in [0.717, 1.165) is 0 Å². The Balaban J connectivity index is 0.000000129. The Hall–Kier alpha value is -3.12. The maximum Gasteiger partial charge on any atom is -0.0178 e. The van der Waals surface area contributed by atoms with Crippen molar-refractivity contribution in [2.24, 2.45) is 0 Å². The molecule has 0 aromatic heterocycles. The highest BCUT2D eigenvalue weighted by atomic mass is 14.0. The normalized spacial score (nSPS) is 10.6. The van der Waals surface area contributed by atoms with Crippen molar-refractivity contribution in [3.8, 4) is 0 Å². The zero-order valence-electron chi connectivity index (χ0n) is 14.3. The number of rotatable bonds is 0. The Labute approximate surface area is 148 Å². The summed E-state index contributed by atoms with van der Waals surface area (Å²) in [4.78, 5) is 0. The molecule has 5 aromatic carbocycles.